The molecule has 3 rings (SSSR count). The molecule has 3 aromatic rings. The van der Waals surface area contributed by atoms with E-state index in [9.17, 15) is 5.11 Å². The zero-order chi connectivity index (χ0) is 14.8. The molecule has 1 N–H and O–H groups in total. The molecule has 0 fully saturated rings. The molecule has 1 heterocycles. The van der Waals surface area contributed by atoms with Crippen molar-refractivity contribution in [1.29, 1.82) is 0 Å². The molecular weight excluding hydrogens is 262 g/mol. The Morgan fingerprint density at radius 1 is 1.10 bits per heavy atom. The van der Waals surface area contributed by atoms with E-state index in [1.807, 2.05) is 18.2 Å². The molecule has 0 atom stereocenters. The van der Waals surface area contributed by atoms with Gasteiger partial charge in [0.15, 0.2) is 0 Å². The summed E-state index contributed by atoms with van der Waals surface area (Å²) in [7, 11) is 1.70. The number of hydrogen-bond acceptors (Lipinski definition) is 2. The number of ether oxygens (including phenoxy) is 1. The predicted octanol–water partition coefficient (Wildman–Crippen LogP) is 3.50. The Kier molecular flexibility index (Phi) is 3.67. The summed E-state index contributed by atoms with van der Waals surface area (Å²) >= 11 is 0. The van der Waals surface area contributed by atoms with E-state index in [4.69, 9.17) is 4.74 Å². The van der Waals surface area contributed by atoms with Crippen molar-refractivity contribution < 1.29 is 9.84 Å². The third-order valence-corrected chi connectivity index (χ3v) is 3.82. The first-order chi connectivity index (χ1) is 10.2. The maximum atomic E-state index is 9.55. The Bertz CT molecular complexity index is 774. The van der Waals surface area contributed by atoms with E-state index in [0.29, 0.717) is 0 Å². The molecule has 3 nitrogen and oxygen atoms in total. The fourth-order valence-corrected chi connectivity index (χ4v) is 2.81. The number of nitrogens with zero attached hydrogens (tertiary/aromatic N) is 1. The molecule has 108 valence electrons. The van der Waals surface area contributed by atoms with Crippen LogP contribution in [0.2, 0.25) is 0 Å². The molecule has 3 heteroatoms. The summed E-state index contributed by atoms with van der Waals surface area (Å²) < 4.78 is 7.62. The number of methoxy groups -OCH3 is 1. The average Bonchev–Trinajstić information content (AvgIpc) is 2.91. The van der Waals surface area contributed by atoms with Crippen LogP contribution in [0.25, 0.3) is 10.9 Å². The van der Waals surface area contributed by atoms with Crippen LogP contribution < -0.4 is 4.74 Å². The number of aryl methyl sites for hydroxylation is 1. The number of aromatic nitrogens is 1. The molecule has 0 radical (unpaired) electrons. The number of aliphatic hydroxyl groups is 1. The van der Waals surface area contributed by atoms with Gasteiger partial charge >= 0.3 is 0 Å². The topological polar surface area (TPSA) is 34.4 Å². The molecule has 0 spiro atoms. The third kappa shape index (κ3) is 2.52. The highest BCUT2D eigenvalue weighted by Crippen LogP contribution is 2.25. The first-order valence-corrected chi connectivity index (χ1v) is 7.04. The smallest absolute Gasteiger partial charge is 0.123 e. The fourth-order valence-electron chi connectivity index (χ4n) is 2.81. The standard InChI is InChI=1S/C18H19NO2/c1-13-6-7-17(21-2)16(10-13)11-19-9-8-14-4-3-5-15(12-20)18(14)19/h3-10,20H,11-12H2,1-2H3. The zero-order valence-corrected chi connectivity index (χ0v) is 12.3. The Labute approximate surface area is 124 Å². The second-order valence-corrected chi connectivity index (χ2v) is 5.27. The van der Waals surface area contributed by atoms with E-state index in [-0.39, 0.29) is 6.61 Å². The molecule has 0 aliphatic carbocycles. The Hall–Kier alpha value is -2.26. The van der Waals surface area contributed by atoms with E-state index in [0.717, 1.165) is 34.3 Å². The van der Waals surface area contributed by atoms with Crippen LogP contribution in [0.5, 0.6) is 5.75 Å². The summed E-state index contributed by atoms with van der Waals surface area (Å²) in [6, 6.07) is 14.3. The molecule has 1 aromatic heterocycles. The molecule has 0 amide bonds. The average molecular weight is 281 g/mol. The van der Waals surface area contributed by atoms with Crippen LogP contribution in [0.4, 0.5) is 0 Å². The zero-order valence-electron chi connectivity index (χ0n) is 12.3. The van der Waals surface area contributed by atoms with Gasteiger partial charge in [-0.25, -0.2) is 0 Å². The molecule has 0 aliphatic rings. The summed E-state index contributed by atoms with van der Waals surface area (Å²) in [6.07, 6.45) is 2.06. The second-order valence-electron chi connectivity index (χ2n) is 5.27. The molecule has 0 saturated heterocycles. The summed E-state index contributed by atoms with van der Waals surface area (Å²) in [6.45, 7) is 2.85. The molecule has 0 saturated carbocycles. The monoisotopic (exact) mass is 281 g/mol. The minimum absolute atomic E-state index is 0.0479. The van der Waals surface area contributed by atoms with Gasteiger partial charge in [0.1, 0.15) is 5.75 Å². The van der Waals surface area contributed by atoms with Crippen molar-refractivity contribution in [3.05, 3.63) is 65.4 Å². The molecule has 0 unspecified atom stereocenters. The van der Waals surface area contributed by atoms with Crippen LogP contribution in [-0.2, 0) is 13.2 Å². The van der Waals surface area contributed by atoms with Gasteiger partial charge < -0.3 is 14.4 Å². The van der Waals surface area contributed by atoms with Gasteiger partial charge in [0.2, 0.25) is 0 Å². The van der Waals surface area contributed by atoms with E-state index in [2.05, 4.69) is 42.0 Å². The van der Waals surface area contributed by atoms with Crippen LogP contribution in [0.3, 0.4) is 0 Å². The van der Waals surface area contributed by atoms with E-state index >= 15 is 0 Å². The number of hydrogen-bond donors (Lipinski definition) is 1. The summed E-state index contributed by atoms with van der Waals surface area (Å²) in [5.74, 6) is 0.893. The Morgan fingerprint density at radius 3 is 2.71 bits per heavy atom. The minimum atomic E-state index is 0.0479. The maximum absolute atomic E-state index is 9.55. The van der Waals surface area contributed by atoms with Crippen molar-refractivity contribution in [2.45, 2.75) is 20.1 Å². The van der Waals surface area contributed by atoms with Gasteiger partial charge in [0.05, 0.1) is 25.8 Å². The molecular formula is C18H19NO2. The molecule has 21 heavy (non-hydrogen) atoms. The van der Waals surface area contributed by atoms with Gasteiger partial charge in [-0.1, -0.05) is 35.9 Å². The highest BCUT2D eigenvalue weighted by molar-refractivity contribution is 5.83. The first-order valence-electron chi connectivity index (χ1n) is 7.04. The van der Waals surface area contributed by atoms with Gasteiger partial charge in [0, 0.05) is 17.3 Å². The minimum Gasteiger partial charge on any atom is -0.496 e. The molecule has 0 bridgehead atoms. The van der Waals surface area contributed by atoms with Crippen LogP contribution in [0, 0.1) is 6.92 Å². The summed E-state index contributed by atoms with van der Waals surface area (Å²) in [5, 5.41) is 10.7. The Morgan fingerprint density at radius 2 is 1.95 bits per heavy atom. The van der Waals surface area contributed by atoms with E-state index in [1.54, 1.807) is 7.11 Å². The van der Waals surface area contributed by atoms with E-state index < -0.39 is 0 Å². The lowest BCUT2D eigenvalue weighted by Gasteiger charge is -2.13. The normalized spacial score (nSPS) is 11.0. The quantitative estimate of drug-likeness (QED) is 0.794. The fraction of sp³-hybridized carbons (Fsp3) is 0.222. The lowest BCUT2D eigenvalue weighted by atomic mass is 10.1. The maximum Gasteiger partial charge on any atom is 0.123 e. The van der Waals surface area contributed by atoms with Crippen LogP contribution in [-0.4, -0.2) is 16.8 Å². The second kappa shape index (κ2) is 5.62. The van der Waals surface area contributed by atoms with Gasteiger partial charge in [0.25, 0.3) is 0 Å². The SMILES string of the molecule is COc1ccc(C)cc1Cn1ccc2cccc(CO)c21. The molecule has 0 aliphatic heterocycles. The van der Waals surface area contributed by atoms with Crippen molar-refractivity contribution in [2.75, 3.05) is 7.11 Å². The van der Waals surface area contributed by atoms with Gasteiger partial charge in [-0.15, -0.1) is 0 Å². The number of aliphatic hydroxyl groups excluding tert-OH is 1. The van der Waals surface area contributed by atoms with Crippen LogP contribution in [0.15, 0.2) is 48.7 Å². The van der Waals surface area contributed by atoms with Gasteiger partial charge in [-0.3, -0.25) is 0 Å². The van der Waals surface area contributed by atoms with Crippen molar-refractivity contribution in [1.82, 2.24) is 4.57 Å². The lowest BCUT2D eigenvalue weighted by Crippen LogP contribution is -2.02. The summed E-state index contributed by atoms with van der Waals surface area (Å²) in [4.78, 5) is 0. The van der Waals surface area contributed by atoms with Crippen molar-refractivity contribution in [3.63, 3.8) is 0 Å². The summed E-state index contributed by atoms with van der Waals surface area (Å²) in [5.41, 5.74) is 4.39. The van der Waals surface area contributed by atoms with Gasteiger partial charge in [-0.2, -0.15) is 0 Å². The van der Waals surface area contributed by atoms with Crippen molar-refractivity contribution in [3.8, 4) is 5.75 Å². The third-order valence-electron chi connectivity index (χ3n) is 3.82. The van der Waals surface area contributed by atoms with Crippen molar-refractivity contribution in [2.24, 2.45) is 0 Å². The highest BCUT2D eigenvalue weighted by atomic mass is 16.5. The highest BCUT2D eigenvalue weighted by Gasteiger charge is 2.09. The largest absolute Gasteiger partial charge is 0.496 e. The van der Waals surface area contributed by atoms with Gasteiger partial charge in [-0.05, 0) is 24.4 Å². The van der Waals surface area contributed by atoms with E-state index in [1.165, 1.54) is 5.56 Å². The number of para-hydroxylation sites is 1. The predicted molar refractivity (Wildman–Crippen MR) is 84.7 cm³/mol. The number of rotatable bonds is 4. The number of fused-ring (bicyclic) bond motifs is 1. The van der Waals surface area contributed by atoms with Crippen LogP contribution >= 0.6 is 0 Å². The Balaban J connectivity index is 2.08. The molecule has 2 aromatic carbocycles. The van der Waals surface area contributed by atoms with Crippen LogP contribution in [0.1, 0.15) is 16.7 Å². The van der Waals surface area contributed by atoms with Crippen molar-refractivity contribution >= 4 is 10.9 Å². The number of benzene rings is 2. The first kappa shape index (κ1) is 13.7. The lowest BCUT2D eigenvalue weighted by molar-refractivity contribution is 0.283.